The minimum absolute atomic E-state index is 0.361. The molecule has 0 bridgehead atoms. The lowest BCUT2D eigenvalue weighted by atomic mass is 10.1. The van der Waals surface area contributed by atoms with Crippen LogP contribution in [0.25, 0.3) is 0 Å². The summed E-state index contributed by atoms with van der Waals surface area (Å²) >= 11 is 0. The van der Waals surface area contributed by atoms with Crippen molar-refractivity contribution in [2.45, 2.75) is 19.9 Å². The molecule has 0 aliphatic rings. The molecule has 2 aromatic rings. The Bertz CT molecular complexity index is 588. The minimum Gasteiger partial charge on any atom is -0.497 e. The Morgan fingerprint density at radius 2 is 1.95 bits per heavy atom. The quantitative estimate of drug-likeness (QED) is 0.785. The number of rotatable bonds is 5. The first-order chi connectivity index (χ1) is 9.65. The summed E-state index contributed by atoms with van der Waals surface area (Å²) in [4.78, 5) is 15.8. The largest absolute Gasteiger partial charge is 0.497 e. The van der Waals surface area contributed by atoms with Crippen molar-refractivity contribution >= 4 is 5.97 Å². The third-order valence-electron chi connectivity index (χ3n) is 3.23. The monoisotopic (exact) mass is 274 g/mol. The highest BCUT2D eigenvalue weighted by Crippen LogP contribution is 2.13. The van der Waals surface area contributed by atoms with Gasteiger partial charge in [-0.2, -0.15) is 0 Å². The Morgan fingerprint density at radius 1 is 1.25 bits per heavy atom. The first-order valence-electron chi connectivity index (χ1n) is 6.39. The van der Waals surface area contributed by atoms with E-state index in [9.17, 15) is 4.79 Å². The van der Waals surface area contributed by atoms with E-state index in [0.29, 0.717) is 12.2 Å². The Labute approximate surface area is 118 Å². The van der Waals surface area contributed by atoms with Gasteiger partial charge in [0.15, 0.2) is 0 Å². The third kappa shape index (κ3) is 2.99. The second-order valence-electron chi connectivity index (χ2n) is 4.43. The molecule has 0 fully saturated rings. The summed E-state index contributed by atoms with van der Waals surface area (Å²) in [6, 6.07) is 7.89. The number of aryl methyl sites for hydroxylation is 2. The first kappa shape index (κ1) is 14.1. The summed E-state index contributed by atoms with van der Waals surface area (Å²) in [6.07, 6.45) is 2.36. The molecule has 0 amide bonds. The van der Waals surface area contributed by atoms with Gasteiger partial charge in [-0.15, -0.1) is 0 Å². The van der Waals surface area contributed by atoms with Crippen molar-refractivity contribution in [3.8, 4) is 5.75 Å². The van der Waals surface area contributed by atoms with Crippen LogP contribution < -0.4 is 4.74 Å². The van der Waals surface area contributed by atoms with Crippen LogP contribution in [0.1, 0.15) is 21.9 Å². The topological polar surface area (TPSA) is 53.3 Å². The average Bonchev–Trinajstić information content (AvgIpc) is 2.86. The molecular weight excluding hydrogens is 256 g/mol. The number of carbonyl (C=O) groups is 1. The molecule has 0 aliphatic heterocycles. The highest BCUT2D eigenvalue weighted by Gasteiger charge is 2.14. The number of hydrogen-bond acceptors (Lipinski definition) is 4. The van der Waals surface area contributed by atoms with Crippen LogP contribution in [0, 0.1) is 6.92 Å². The maximum absolute atomic E-state index is 11.6. The van der Waals surface area contributed by atoms with Crippen molar-refractivity contribution in [3.05, 3.63) is 47.5 Å². The van der Waals surface area contributed by atoms with Crippen LogP contribution in [0.4, 0.5) is 0 Å². The van der Waals surface area contributed by atoms with Crippen LogP contribution in [-0.4, -0.2) is 29.7 Å². The van der Waals surface area contributed by atoms with Gasteiger partial charge in [0, 0.05) is 6.54 Å². The standard InChI is InChI=1S/C15H18N2O3/c1-11-16-10-14(15(18)20-3)17(11)9-8-12-4-6-13(19-2)7-5-12/h4-7,10H,8-9H2,1-3H3. The molecule has 2 rings (SSSR count). The predicted molar refractivity (Wildman–Crippen MR) is 75.0 cm³/mol. The zero-order chi connectivity index (χ0) is 14.5. The van der Waals surface area contributed by atoms with E-state index in [1.54, 1.807) is 13.3 Å². The molecule has 20 heavy (non-hydrogen) atoms. The van der Waals surface area contributed by atoms with Crippen LogP contribution >= 0.6 is 0 Å². The fourth-order valence-corrected chi connectivity index (χ4v) is 2.05. The van der Waals surface area contributed by atoms with Gasteiger partial charge in [-0.1, -0.05) is 12.1 Å². The number of carbonyl (C=O) groups excluding carboxylic acids is 1. The highest BCUT2D eigenvalue weighted by molar-refractivity contribution is 5.87. The lowest BCUT2D eigenvalue weighted by Crippen LogP contribution is -2.13. The van der Waals surface area contributed by atoms with Gasteiger partial charge < -0.3 is 14.0 Å². The predicted octanol–water partition coefficient (Wildman–Crippen LogP) is 2.23. The molecule has 0 radical (unpaired) electrons. The normalized spacial score (nSPS) is 10.3. The smallest absolute Gasteiger partial charge is 0.356 e. The van der Waals surface area contributed by atoms with E-state index in [4.69, 9.17) is 9.47 Å². The Balaban J connectivity index is 2.10. The van der Waals surface area contributed by atoms with Gasteiger partial charge in [0.2, 0.25) is 0 Å². The van der Waals surface area contributed by atoms with Crippen LogP contribution in [0.2, 0.25) is 0 Å². The van der Waals surface area contributed by atoms with Crippen molar-refractivity contribution in [2.75, 3.05) is 14.2 Å². The number of ether oxygens (including phenoxy) is 2. The number of benzene rings is 1. The Morgan fingerprint density at radius 3 is 2.55 bits per heavy atom. The van der Waals surface area contributed by atoms with Crippen LogP contribution in [-0.2, 0) is 17.7 Å². The summed E-state index contributed by atoms with van der Waals surface area (Å²) in [5.74, 6) is 1.28. The van der Waals surface area contributed by atoms with Crippen molar-refractivity contribution in [3.63, 3.8) is 0 Å². The van der Waals surface area contributed by atoms with Crippen LogP contribution in [0.3, 0.4) is 0 Å². The maximum atomic E-state index is 11.6. The van der Waals surface area contributed by atoms with Crippen LogP contribution in [0.15, 0.2) is 30.5 Å². The molecule has 0 saturated heterocycles. The van der Waals surface area contributed by atoms with E-state index < -0.39 is 0 Å². The van der Waals surface area contributed by atoms with Crippen molar-refractivity contribution in [1.82, 2.24) is 9.55 Å². The zero-order valence-electron chi connectivity index (χ0n) is 11.9. The first-order valence-corrected chi connectivity index (χ1v) is 6.39. The number of aromatic nitrogens is 2. The Hall–Kier alpha value is -2.30. The van der Waals surface area contributed by atoms with Crippen LogP contribution in [0.5, 0.6) is 5.75 Å². The molecule has 5 nitrogen and oxygen atoms in total. The molecule has 0 saturated carbocycles. The third-order valence-corrected chi connectivity index (χ3v) is 3.23. The second-order valence-corrected chi connectivity index (χ2v) is 4.43. The maximum Gasteiger partial charge on any atom is 0.356 e. The van der Waals surface area contributed by atoms with Crippen molar-refractivity contribution in [2.24, 2.45) is 0 Å². The highest BCUT2D eigenvalue weighted by atomic mass is 16.5. The number of esters is 1. The lowest BCUT2D eigenvalue weighted by molar-refractivity contribution is 0.0588. The van der Waals surface area contributed by atoms with Gasteiger partial charge in [0.25, 0.3) is 0 Å². The van der Waals surface area contributed by atoms with E-state index in [1.165, 1.54) is 12.7 Å². The molecule has 0 atom stereocenters. The number of nitrogens with zero attached hydrogens (tertiary/aromatic N) is 2. The van der Waals surface area contributed by atoms with Gasteiger partial charge >= 0.3 is 5.97 Å². The fourth-order valence-electron chi connectivity index (χ4n) is 2.05. The van der Waals surface area contributed by atoms with Gasteiger partial charge in [-0.3, -0.25) is 0 Å². The molecule has 0 N–H and O–H groups in total. The Kier molecular flexibility index (Phi) is 4.40. The van der Waals surface area contributed by atoms with Crippen molar-refractivity contribution < 1.29 is 14.3 Å². The fraction of sp³-hybridized carbons (Fsp3) is 0.333. The lowest BCUT2D eigenvalue weighted by Gasteiger charge is -2.09. The molecule has 0 unspecified atom stereocenters. The summed E-state index contributed by atoms with van der Waals surface area (Å²) < 4.78 is 11.8. The van der Waals surface area contributed by atoms with E-state index in [0.717, 1.165) is 18.0 Å². The van der Waals surface area contributed by atoms with E-state index in [2.05, 4.69) is 4.98 Å². The molecule has 1 aromatic heterocycles. The van der Waals surface area contributed by atoms with Gasteiger partial charge in [0.1, 0.15) is 17.3 Å². The zero-order valence-corrected chi connectivity index (χ0v) is 11.9. The van der Waals surface area contributed by atoms with Gasteiger partial charge in [0.05, 0.1) is 20.4 Å². The van der Waals surface area contributed by atoms with E-state index >= 15 is 0 Å². The summed E-state index contributed by atoms with van der Waals surface area (Å²) in [7, 11) is 3.02. The molecule has 0 aliphatic carbocycles. The average molecular weight is 274 g/mol. The minimum atomic E-state index is -0.361. The molecule has 106 valence electrons. The molecular formula is C15H18N2O3. The van der Waals surface area contributed by atoms with Gasteiger partial charge in [-0.25, -0.2) is 9.78 Å². The van der Waals surface area contributed by atoms with E-state index in [-0.39, 0.29) is 5.97 Å². The number of imidazole rings is 1. The summed E-state index contributed by atoms with van der Waals surface area (Å²) in [5, 5.41) is 0. The molecule has 5 heteroatoms. The summed E-state index contributed by atoms with van der Waals surface area (Å²) in [5.41, 5.74) is 1.66. The molecule has 1 aromatic carbocycles. The second kappa shape index (κ2) is 6.23. The van der Waals surface area contributed by atoms with Gasteiger partial charge in [-0.05, 0) is 31.0 Å². The number of hydrogen-bond donors (Lipinski definition) is 0. The van der Waals surface area contributed by atoms with E-state index in [1.807, 2.05) is 35.8 Å². The summed E-state index contributed by atoms with van der Waals surface area (Å²) in [6.45, 7) is 2.56. The molecule has 1 heterocycles. The molecule has 0 spiro atoms. The SMILES string of the molecule is COC(=O)c1cnc(C)n1CCc1ccc(OC)cc1. The number of methoxy groups -OCH3 is 2. The van der Waals surface area contributed by atoms with Crippen molar-refractivity contribution in [1.29, 1.82) is 0 Å².